The molecule has 0 bridgehead atoms. The first-order valence-electron chi connectivity index (χ1n) is 13.4. The van der Waals surface area contributed by atoms with Crippen molar-refractivity contribution in [3.05, 3.63) is 47.5 Å². The van der Waals surface area contributed by atoms with E-state index in [9.17, 15) is 9.59 Å². The number of carbonyl (C=O) groups is 2. The van der Waals surface area contributed by atoms with E-state index in [0.717, 1.165) is 37.2 Å². The Balaban J connectivity index is 1.26. The largest absolute Gasteiger partial charge is 0.457 e. The van der Waals surface area contributed by atoms with Crippen LogP contribution in [0.1, 0.15) is 77.7 Å². The number of carbonyl (C=O) groups excluding carboxylic acids is 2. The summed E-state index contributed by atoms with van der Waals surface area (Å²) in [6.07, 6.45) is 11.6. The van der Waals surface area contributed by atoms with Crippen molar-refractivity contribution in [2.75, 3.05) is 0 Å². The lowest BCUT2D eigenvalue weighted by Gasteiger charge is -2.58. The van der Waals surface area contributed by atoms with E-state index >= 15 is 0 Å². The summed E-state index contributed by atoms with van der Waals surface area (Å²) < 4.78 is 5.90. The zero-order valence-corrected chi connectivity index (χ0v) is 21.1. The number of benzene rings is 1. The molecule has 1 aromatic rings. The molecule has 0 aromatic heterocycles. The lowest BCUT2D eigenvalue weighted by molar-refractivity contribution is -0.150. The predicted octanol–water partition coefficient (Wildman–Crippen LogP) is 5.64. The van der Waals surface area contributed by atoms with E-state index in [4.69, 9.17) is 10.5 Å². The molecule has 3 saturated carbocycles. The first-order valence-corrected chi connectivity index (χ1v) is 13.4. The molecule has 0 heterocycles. The van der Waals surface area contributed by atoms with Gasteiger partial charge in [-0.25, -0.2) is 0 Å². The van der Waals surface area contributed by atoms with Crippen LogP contribution in [0.5, 0.6) is 0 Å². The number of Topliss-reactive ketones (excluding diaryl/α,β-unsaturated/α-hetero) is 1. The normalized spacial score (nSPS) is 39.8. The average molecular weight is 464 g/mol. The fourth-order valence-electron chi connectivity index (χ4n) is 8.65. The maximum atomic E-state index is 12.7. The smallest absolute Gasteiger partial charge is 0.323 e. The molecule has 3 fully saturated rings. The predicted molar refractivity (Wildman–Crippen MR) is 134 cm³/mol. The van der Waals surface area contributed by atoms with Gasteiger partial charge in [0.2, 0.25) is 0 Å². The highest BCUT2D eigenvalue weighted by Gasteiger charge is 2.59. The van der Waals surface area contributed by atoms with Crippen LogP contribution in [0.3, 0.4) is 0 Å². The summed E-state index contributed by atoms with van der Waals surface area (Å²) in [5.41, 5.74) is 9.15. The zero-order chi connectivity index (χ0) is 24.1. The molecule has 4 aliphatic carbocycles. The SMILES string of the molecule is CC(=O)[C@H]1CCC2C3CCC4=C[C@@H](OC(=O)[C@@H](N)Cc5ccccc5)CC[C@]4(C)C3CC[C@@]21C. The Bertz CT molecular complexity index is 971. The lowest BCUT2D eigenvalue weighted by atomic mass is 9.46. The number of allylic oxidation sites excluding steroid dienone is 1. The number of fused-ring (bicyclic) bond motifs is 5. The van der Waals surface area contributed by atoms with Crippen LogP contribution < -0.4 is 5.73 Å². The molecule has 4 heteroatoms. The van der Waals surface area contributed by atoms with Gasteiger partial charge in [-0.3, -0.25) is 9.59 Å². The lowest BCUT2D eigenvalue weighted by Crippen LogP contribution is -2.51. The van der Waals surface area contributed by atoms with Crippen LogP contribution in [0.15, 0.2) is 42.0 Å². The van der Waals surface area contributed by atoms with Crippen LogP contribution in [-0.2, 0) is 20.7 Å². The van der Waals surface area contributed by atoms with Crippen molar-refractivity contribution in [3.8, 4) is 0 Å². The number of hydrogen-bond acceptors (Lipinski definition) is 4. The van der Waals surface area contributed by atoms with Crippen molar-refractivity contribution in [3.63, 3.8) is 0 Å². The van der Waals surface area contributed by atoms with Crippen LogP contribution >= 0.6 is 0 Å². The molecular formula is C30H41NO3. The Labute approximate surface area is 204 Å². The summed E-state index contributed by atoms with van der Waals surface area (Å²) >= 11 is 0. The van der Waals surface area contributed by atoms with Crippen LogP contribution in [0.4, 0.5) is 0 Å². The van der Waals surface area contributed by atoms with E-state index in [2.05, 4.69) is 19.9 Å². The zero-order valence-electron chi connectivity index (χ0n) is 21.1. The van der Waals surface area contributed by atoms with E-state index in [-0.39, 0.29) is 28.8 Å². The van der Waals surface area contributed by atoms with Gasteiger partial charge < -0.3 is 10.5 Å². The number of rotatable bonds is 5. The second-order valence-electron chi connectivity index (χ2n) is 12.1. The summed E-state index contributed by atoms with van der Waals surface area (Å²) in [5, 5.41) is 0. The number of hydrogen-bond donors (Lipinski definition) is 1. The average Bonchev–Trinajstić information content (AvgIpc) is 3.17. The van der Waals surface area contributed by atoms with Crippen molar-refractivity contribution < 1.29 is 14.3 Å². The molecule has 4 nitrogen and oxygen atoms in total. The van der Waals surface area contributed by atoms with Crippen molar-refractivity contribution >= 4 is 11.8 Å². The highest BCUT2D eigenvalue weighted by Crippen LogP contribution is 2.66. The van der Waals surface area contributed by atoms with Gasteiger partial charge in [-0.05, 0) is 105 Å². The monoisotopic (exact) mass is 463 g/mol. The van der Waals surface area contributed by atoms with Gasteiger partial charge in [-0.15, -0.1) is 0 Å². The van der Waals surface area contributed by atoms with E-state index in [1.54, 1.807) is 0 Å². The van der Waals surface area contributed by atoms with E-state index in [1.165, 1.54) is 31.3 Å². The highest BCUT2D eigenvalue weighted by molar-refractivity contribution is 5.79. The topological polar surface area (TPSA) is 69.4 Å². The van der Waals surface area contributed by atoms with Gasteiger partial charge in [0.15, 0.2) is 0 Å². The van der Waals surface area contributed by atoms with Crippen LogP contribution in [0.2, 0.25) is 0 Å². The van der Waals surface area contributed by atoms with Gasteiger partial charge >= 0.3 is 5.97 Å². The Kier molecular flexibility index (Phi) is 6.25. The van der Waals surface area contributed by atoms with Crippen LogP contribution in [-0.4, -0.2) is 23.9 Å². The minimum absolute atomic E-state index is 0.156. The van der Waals surface area contributed by atoms with Crippen LogP contribution in [0.25, 0.3) is 0 Å². The Morgan fingerprint density at radius 2 is 1.79 bits per heavy atom. The first kappa shape index (κ1) is 23.8. The molecular weight excluding hydrogens is 422 g/mol. The summed E-state index contributed by atoms with van der Waals surface area (Å²) in [6, 6.07) is 9.27. The fourth-order valence-corrected chi connectivity index (χ4v) is 8.65. The molecule has 3 unspecified atom stereocenters. The molecule has 2 N–H and O–H groups in total. The molecule has 34 heavy (non-hydrogen) atoms. The third-order valence-corrected chi connectivity index (χ3v) is 10.4. The molecule has 1 aromatic carbocycles. The fraction of sp³-hybridized carbons (Fsp3) is 0.667. The molecule has 5 rings (SSSR count). The second-order valence-corrected chi connectivity index (χ2v) is 12.1. The van der Waals surface area contributed by atoms with E-state index in [1.807, 2.05) is 37.3 Å². The number of ketones is 1. The van der Waals surface area contributed by atoms with Gasteiger partial charge in [0, 0.05) is 5.92 Å². The van der Waals surface area contributed by atoms with Crippen molar-refractivity contribution in [2.45, 2.75) is 90.7 Å². The molecule has 0 spiro atoms. The standard InChI is InChI=1S/C30H41NO3/c1-19(32)24-11-12-25-23-10-9-21-18-22(13-15-29(21,2)26(23)14-16-30(24,25)3)34-28(33)27(31)17-20-7-5-4-6-8-20/h4-8,18,22-27H,9-17,31H2,1-3H3/t22-,23?,24+,25?,26?,27-,29-,30+/m0/s1. The molecule has 4 aliphatic rings. The van der Waals surface area contributed by atoms with Crippen molar-refractivity contribution in [1.82, 2.24) is 0 Å². The van der Waals surface area contributed by atoms with E-state index < -0.39 is 6.04 Å². The maximum absolute atomic E-state index is 12.7. The molecule has 184 valence electrons. The third kappa shape index (κ3) is 3.96. The molecule has 0 amide bonds. The summed E-state index contributed by atoms with van der Waals surface area (Å²) in [6.45, 7) is 6.69. The first-order chi connectivity index (χ1) is 16.2. The summed E-state index contributed by atoms with van der Waals surface area (Å²) in [4.78, 5) is 25.1. The van der Waals surface area contributed by atoms with Gasteiger partial charge in [0.25, 0.3) is 0 Å². The number of nitrogens with two attached hydrogens (primary N) is 1. The Morgan fingerprint density at radius 1 is 1.03 bits per heavy atom. The molecule has 0 aliphatic heterocycles. The van der Waals surface area contributed by atoms with Crippen molar-refractivity contribution in [2.24, 2.45) is 40.2 Å². The Hall–Kier alpha value is -1.94. The highest BCUT2D eigenvalue weighted by atomic mass is 16.5. The molecule has 0 radical (unpaired) electrons. The minimum atomic E-state index is -0.627. The van der Waals surface area contributed by atoms with Gasteiger partial charge in [-0.1, -0.05) is 49.8 Å². The molecule has 8 atom stereocenters. The third-order valence-electron chi connectivity index (χ3n) is 10.4. The quantitative estimate of drug-likeness (QED) is 0.453. The number of ether oxygens (including phenoxy) is 1. The van der Waals surface area contributed by atoms with Gasteiger partial charge in [0.05, 0.1) is 0 Å². The van der Waals surface area contributed by atoms with Gasteiger partial charge in [0.1, 0.15) is 17.9 Å². The summed E-state index contributed by atoms with van der Waals surface area (Å²) in [7, 11) is 0. The molecule has 0 saturated heterocycles. The second kappa shape index (κ2) is 8.93. The summed E-state index contributed by atoms with van der Waals surface area (Å²) in [5.74, 6) is 2.47. The maximum Gasteiger partial charge on any atom is 0.323 e. The van der Waals surface area contributed by atoms with Crippen molar-refractivity contribution in [1.29, 1.82) is 0 Å². The Morgan fingerprint density at radius 3 is 2.53 bits per heavy atom. The number of esters is 1. The van der Waals surface area contributed by atoms with Gasteiger partial charge in [-0.2, -0.15) is 0 Å². The van der Waals surface area contributed by atoms with E-state index in [0.29, 0.717) is 24.0 Å². The van der Waals surface area contributed by atoms with Crippen LogP contribution in [0, 0.1) is 34.5 Å². The minimum Gasteiger partial charge on any atom is -0.457 e.